The summed E-state index contributed by atoms with van der Waals surface area (Å²) >= 11 is 3.30. The first-order valence-electron chi connectivity index (χ1n) is 5.74. The normalized spacial score (nSPS) is 10.9. The summed E-state index contributed by atoms with van der Waals surface area (Å²) in [5.74, 6) is -1.09. The zero-order chi connectivity index (χ0) is 14.3. The molecule has 1 N–H and O–H groups in total. The van der Waals surface area contributed by atoms with E-state index in [2.05, 4.69) is 20.9 Å². The number of halogens is 2. The van der Waals surface area contributed by atoms with Crippen LogP contribution in [0, 0.1) is 5.82 Å². The number of imidazole rings is 1. The van der Waals surface area contributed by atoms with Gasteiger partial charge in [-0.3, -0.25) is 4.40 Å². The van der Waals surface area contributed by atoms with Gasteiger partial charge in [-0.2, -0.15) is 0 Å². The summed E-state index contributed by atoms with van der Waals surface area (Å²) < 4.78 is 15.4. The molecule has 0 aliphatic heterocycles. The van der Waals surface area contributed by atoms with E-state index in [-0.39, 0.29) is 5.69 Å². The first-order chi connectivity index (χ1) is 9.58. The molecule has 0 saturated carbocycles. The maximum absolute atomic E-state index is 13.4. The molecule has 0 aliphatic rings. The predicted molar refractivity (Wildman–Crippen MR) is 75.2 cm³/mol. The van der Waals surface area contributed by atoms with Crippen molar-refractivity contribution in [3.8, 4) is 11.4 Å². The number of pyridine rings is 1. The van der Waals surface area contributed by atoms with Crippen LogP contribution in [0.5, 0.6) is 0 Å². The van der Waals surface area contributed by atoms with Crippen molar-refractivity contribution in [2.24, 2.45) is 0 Å². The Morgan fingerprint density at radius 3 is 2.70 bits per heavy atom. The van der Waals surface area contributed by atoms with Crippen molar-refractivity contribution in [3.63, 3.8) is 0 Å². The number of rotatable bonds is 2. The van der Waals surface area contributed by atoms with Crippen LogP contribution in [0.3, 0.4) is 0 Å². The third-order valence-corrected chi connectivity index (χ3v) is 3.50. The molecule has 0 atom stereocenters. The Morgan fingerprint density at radius 1 is 1.25 bits per heavy atom. The van der Waals surface area contributed by atoms with Crippen molar-refractivity contribution in [2.75, 3.05) is 0 Å². The first-order valence-corrected chi connectivity index (χ1v) is 6.53. The molecule has 3 rings (SSSR count). The van der Waals surface area contributed by atoms with Gasteiger partial charge in [0.1, 0.15) is 21.9 Å². The van der Waals surface area contributed by atoms with Crippen LogP contribution in [0.2, 0.25) is 0 Å². The molecule has 6 heteroatoms. The minimum absolute atomic E-state index is 0.0694. The van der Waals surface area contributed by atoms with Crippen molar-refractivity contribution >= 4 is 27.4 Å². The zero-order valence-electron chi connectivity index (χ0n) is 10.0. The second-order valence-corrected chi connectivity index (χ2v) is 4.92. The van der Waals surface area contributed by atoms with Gasteiger partial charge >= 0.3 is 5.97 Å². The van der Waals surface area contributed by atoms with Crippen molar-refractivity contribution in [2.45, 2.75) is 0 Å². The van der Waals surface area contributed by atoms with Crippen LogP contribution in [0.25, 0.3) is 16.9 Å². The van der Waals surface area contributed by atoms with Gasteiger partial charge in [-0.1, -0.05) is 18.2 Å². The van der Waals surface area contributed by atoms with Gasteiger partial charge in [0.2, 0.25) is 0 Å². The number of benzene rings is 1. The van der Waals surface area contributed by atoms with Gasteiger partial charge in [0.25, 0.3) is 0 Å². The highest BCUT2D eigenvalue weighted by Crippen LogP contribution is 2.27. The predicted octanol–water partition coefficient (Wildman–Crippen LogP) is 3.60. The monoisotopic (exact) mass is 334 g/mol. The largest absolute Gasteiger partial charge is 0.477 e. The summed E-state index contributed by atoms with van der Waals surface area (Å²) in [6.07, 6.45) is 0. The van der Waals surface area contributed by atoms with Gasteiger partial charge in [-0.25, -0.2) is 14.2 Å². The second-order valence-electron chi connectivity index (χ2n) is 4.17. The third-order valence-electron chi connectivity index (χ3n) is 2.92. The van der Waals surface area contributed by atoms with Gasteiger partial charge in [0, 0.05) is 5.56 Å². The maximum Gasteiger partial charge on any atom is 0.352 e. The highest BCUT2D eigenvalue weighted by molar-refractivity contribution is 9.10. The summed E-state index contributed by atoms with van der Waals surface area (Å²) in [6.45, 7) is 0. The van der Waals surface area contributed by atoms with E-state index in [0.717, 1.165) is 0 Å². The van der Waals surface area contributed by atoms with Crippen LogP contribution in [0.1, 0.15) is 10.5 Å². The molecule has 0 saturated heterocycles. The average molecular weight is 335 g/mol. The second kappa shape index (κ2) is 4.72. The van der Waals surface area contributed by atoms with Gasteiger partial charge < -0.3 is 5.11 Å². The molecule has 0 unspecified atom stereocenters. The molecule has 2 aromatic heterocycles. The van der Waals surface area contributed by atoms with Crippen molar-refractivity contribution in [1.82, 2.24) is 9.38 Å². The molecule has 2 heterocycles. The molecule has 20 heavy (non-hydrogen) atoms. The summed E-state index contributed by atoms with van der Waals surface area (Å²) in [7, 11) is 0. The number of nitrogens with zero attached hydrogens (tertiary/aromatic N) is 2. The smallest absolute Gasteiger partial charge is 0.352 e. The van der Waals surface area contributed by atoms with E-state index in [1.165, 1.54) is 22.6 Å². The Bertz CT molecular complexity index is 829. The summed E-state index contributed by atoms with van der Waals surface area (Å²) in [6, 6.07) is 10.7. The fraction of sp³-hybridized carbons (Fsp3) is 0. The Hall–Kier alpha value is -2.21. The molecule has 0 amide bonds. The Balaban J connectivity index is 2.39. The minimum Gasteiger partial charge on any atom is -0.477 e. The number of carboxylic acid groups (broad SMARTS) is 1. The minimum atomic E-state index is -1.07. The van der Waals surface area contributed by atoms with Crippen LogP contribution in [-0.2, 0) is 0 Å². The number of aromatic nitrogens is 2. The van der Waals surface area contributed by atoms with Crippen LogP contribution in [-0.4, -0.2) is 20.5 Å². The molecule has 0 spiro atoms. The Morgan fingerprint density at radius 2 is 2.00 bits per heavy atom. The van der Waals surface area contributed by atoms with E-state index in [0.29, 0.717) is 21.5 Å². The molecule has 0 bridgehead atoms. The lowest BCUT2D eigenvalue weighted by molar-refractivity contribution is 0.0689. The number of carbonyl (C=O) groups is 1. The van der Waals surface area contributed by atoms with Crippen LogP contribution < -0.4 is 0 Å². The molecular weight excluding hydrogens is 327 g/mol. The average Bonchev–Trinajstić information content (AvgIpc) is 2.76. The highest BCUT2D eigenvalue weighted by Gasteiger charge is 2.17. The summed E-state index contributed by atoms with van der Waals surface area (Å²) in [5.41, 5.74) is 1.20. The molecule has 0 aliphatic carbocycles. The van der Waals surface area contributed by atoms with Gasteiger partial charge in [0.15, 0.2) is 0 Å². The van der Waals surface area contributed by atoms with Crippen molar-refractivity contribution in [1.29, 1.82) is 0 Å². The van der Waals surface area contributed by atoms with Crippen molar-refractivity contribution < 1.29 is 14.3 Å². The molecule has 4 nitrogen and oxygen atoms in total. The fourth-order valence-electron chi connectivity index (χ4n) is 2.09. The lowest BCUT2D eigenvalue weighted by Crippen LogP contribution is -2.05. The van der Waals surface area contributed by atoms with E-state index < -0.39 is 11.8 Å². The maximum atomic E-state index is 13.4. The molecular formula is C14H8BrFN2O2. The molecule has 0 fully saturated rings. The summed E-state index contributed by atoms with van der Waals surface area (Å²) in [4.78, 5) is 15.6. The lowest BCUT2D eigenvalue weighted by Gasteiger charge is -2.05. The molecule has 0 radical (unpaired) electrons. The lowest BCUT2D eigenvalue weighted by atomic mass is 10.2. The van der Waals surface area contributed by atoms with E-state index in [9.17, 15) is 14.3 Å². The molecule has 1 aromatic carbocycles. The van der Waals surface area contributed by atoms with E-state index in [1.807, 2.05) is 0 Å². The number of aromatic carboxylic acids is 1. The van der Waals surface area contributed by atoms with Crippen LogP contribution >= 0.6 is 15.9 Å². The molecule has 100 valence electrons. The Kier molecular flexibility index (Phi) is 3.02. The SMILES string of the molecule is O=C(O)c1cccc2c(Br)nc(-c3cccc(F)c3)n12. The molecule has 3 aromatic rings. The summed E-state index contributed by atoms with van der Waals surface area (Å²) in [5, 5.41) is 9.28. The zero-order valence-corrected chi connectivity index (χ0v) is 11.6. The van der Waals surface area contributed by atoms with Crippen molar-refractivity contribution in [3.05, 3.63) is 58.6 Å². The number of fused-ring (bicyclic) bond motifs is 1. The fourth-order valence-corrected chi connectivity index (χ4v) is 2.56. The first kappa shape index (κ1) is 12.8. The van der Waals surface area contributed by atoms with Crippen LogP contribution in [0.4, 0.5) is 4.39 Å². The Labute approximate surface area is 121 Å². The van der Waals surface area contributed by atoms with Gasteiger partial charge in [-0.05, 0) is 40.2 Å². The quantitative estimate of drug-likeness (QED) is 0.779. The van der Waals surface area contributed by atoms with E-state index >= 15 is 0 Å². The topological polar surface area (TPSA) is 54.6 Å². The van der Waals surface area contributed by atoms with Gasteiger partial charge in [-0.15, -0.1) is 0 Å². The third kappa shape index (κ3) is 1.98. The number of hydrogen-bond donors (Lipinski definition) is 1. The standard InChI is InChI=1S/C14H8BrFN2O2/c15-12-10-5-2-6-11(14(19)20)18(10)13(17-12)8-3-1-4-9(16)7-8/h1-7H,(H,19,20). The highest BCUT2D eigenvalue weighted by atomic mass is 79.9. The van der Waals surface area contributed by atoms with E-state index in [1.54, 1.807) is 24.3 Å². The van der Waals surface area contributed by atoms with Crippen LogP contribution in [0.15, 0.2) is 47.1 Å². The van der Waals surface area contributed by atoms with Gasteiger partial charge in [0.05, 0.1) is 5.52 Å². The number of carboxylic acids is 1. The van der Waals surface area contributed by atoms with E-state index in [4.69, 9.17) is 0 Å². The number of hydrogen-bond acceptors (Lipinski definition) is 2.